The number of benzene rings is 1. The second-order valence-electron chi connectivity index (χ2n) is 6.36. The number of nitrogens with one attached hydrogen (secondary N) is 1. The third-order valence-corrected chi connectivity index (χ3v) is 4.62. The molecule has 6 heteroatoms. The van der Waals surface area contributed by atoms with Gasteiger partial charge in [-0.3, -0.25) is 9.59 Å². The van der Waals surface area contributed by atoms with Gasteiger partial charge in [0.1, 0.15) is 12.4 Å². The van der Waals surface area contributed by atoms with E-state index >= 15 is 0 Å². The number of ether oxygens (including phenoxy) is 1. The van der Waals surface area contributed by atoms with Gasteiger partial charge >= 0.3 is 0 Å². The fraction of sp³-hybridized carbons (Fsp3) is 0.421. The number of carbonyl (C=O) groups is 1. The second-order valence-corrected chi connectivity index (χ2v) is 6.36. The van der Waals surface area contributed by atoms with Crippen LogP contribution in [0.5, 0.6) is 0 Å². The highest BCUT2D eigenvalue weighted by atomic mass is 16.5. The van der Waals surface area contributed by atoms with Gasteiger partial charge in [-0.2, -0.15) is 0 Å². The minimum atomic E-state index is -0.181. The van der Waals surface area contributed by atoms with Crippen LogP contribution in [-0.2, 0) is 16.0 Å². The van der Waals surface area contributed by atoms with Gasteiger partial charge < -0.3 is 14.6 Å². The first-order chi connectivity index (χ1) is 12.1. The van der Waals surface area contributed by atoms with Crippen molar-refractivity contribution in [1.29, 1.82) is 0 Å². The molecule has 0 aliphatic carbocycles. The van der Waals surface area contributed by atoms with Gasteiger partial charge in [0.15, 0.2) is 0 Å². The number of hydrogen-bond donors (Lipinski definition) is 1. The normalized spacial score (nSPS) is 17.0. The third kappa shape index (κ3) is 3.79. The molecule has 0 saturated carbocycles. The Morgan fingerprint density at radius 2 is 2.12 bits per heavy atom. The minimum absolute atomic E-state index is 0.0474. The Hall–Kier alpha value is -2.47. The standard InChI is InChI=1S/C19H23N3O3/c1-13-15(11-14-7-4-3-5-8-14)19(24)21-18(20-13)16-9-6-10-22(16)17(23)12-25-2/h3-5,7-8,16H,6,9-12H2,1-2H3,(H,20,21,24). The van der Waals surface area contributed by atoms with E-state index in [0.29, 0.717) is 30.0 Å². The van der Waals surface area contributed by atoms with Crippen LogP contribution in [0, 0.1) is 6.92 Å². The van der Waals surface area contributed by atoms with Crippen molar-refractivity contribution in [2.45, 2.75) is 32.2 Å². The number of rotatable bonds is 5. The largest absolute Gasteiger partial charge is 0.375 e. The van der Waals surface area contributed by atoms with Gasteiger partial charge in [0, 0.05) is 31.3 Å². The van der Waals surface area contributed by atoms with Crippen molar-refractivity contribution < 1.29 is 9.53 Å². The van der Waals surface area contributed by atoms with Crippen LogP contribution < -0.4 is 5.56 Å². The highest BCUT2D eigenvalue weighted by Gasteiger charge is 2.31. The maximum atomic E-state index is 12.6. The molecule has 6 nitrogen and oxygen atoms in total. The first kappa shape index (κ1) is 17.4. The number of carbonyl (C=O) groups excluding carboxylic acids is 1. The Morgan fingerprint density at radius 1 is 1.36 bits per heavy atom. The summed E-state index contributed by atoms with van der Waals surface area (Å²) in [5, 5.41) is 0. The Labute approximate surface area is 146 Å². The average molecular weight is 341 g/mol. The zero-order valence-corrected chi connectivity index (χ0v) is 14.6. The zero-order chi connectivity index (χ0) is 17.8. The Morgan fingerprint density at radius 3 is 2.80 bits per heavy atom. The summed E-state index contributed by atoms with van der Waals surface area (Å²) in [5.41, 5.74) is 2.33. The van der Waals surface area contributed by atoms with E-state index in [4.69, 9.17) is 4.74 Å². The quantitative estimate of drug-likeness (QED) is 0.902. The summed E-state index contributed by atoms with van der Waals surface area (Å²) < 4.78 is 4.95. The van der Waals surface area contributed by atoms with Gasteiger partial charge in [-0.15, -0.1) is 0 Å². The van der Waals surface area contributed by atoms with Crippen LogP contribution in [-0.4, -0.2) is 41.0 Å². The van der Waals surface area contributed by atoms with E-state index in [1.807, 2.05) is 37.3 Å². The molecule has 1 unspecified atom stereocenters. The van der Waals surface area contributed by atoms with Crippen molar-refractivity contribution >= 4 is 5.91 Å². The first-order valence-electron chi connectivity index (χ1n) is 8.52. The lowest BCUT2D eigenvalue weighted by atomic mass is 10.0. The fourth-order valence-electron chi connectivity index (χ4n) is 3.35. The van der Waals surface area contributed by atoms with Gasteiger partial charge in [-0.25, -0.2) is 4.98 Å². The number of aryl methyl sites for hydroxylation is 1. The predicted molar refractivity (Wildman–Crippen MR) is 94.4 cm³/mol. The van der Waals surface area contributed by atoms with Crippen molar-refractivity contribution in [3.63, 3.8) is 0 Å². The van der Waals surface area contributed by atoms with E-state index in [0.717, 1.165) is 18.4 Å². The average Bonchev–Trinajstić information content (AvgIpc) is 3.09. The van der Waals surface area contributed by atoms with Crippen molar-refractivity contribution in [1.82, 2.24) is 14.9 Å². The summed E-state index contributed by atoms with van der Waals surface area (Å²) in [6.45, 7) is 2.57. The monoisotopic (exact) mass is 341 g/mol. The molecule has 1 aromatic carbocycles. The van der Waals surface area contributed by atoms with E-state index in [1.54, 1.807) is 4.90 Å². The number of likely N-dealkylation sites (tertiary alicyclic amines) is 1. The minimum Gasteiger partial charge on any atom is -0.375 e. The summed E-state index contributed by atoms with van der Waals surface area (Å²) in [4.78, 5) is 34.1. The Kier molecular flexibility index (Phi) is 5.28. The number of methoxy groups -OCH3 is 1. The maximum absolute atomic E-state index is 12.6. The van der Waals surface area contributed by atoms with E-state index in [9.17, 15) is 9.59 Å². The maximum Gasteiger partial charge on any atom is 0.254 e. The number of nitrogens with zero attached hydrogens (tertiary/aromatic N) is 2. The van der Waals surface area contributed by atoms with Crippen molar-refractivity contribution in [2.24, 2.45) is 0 Å². The lowest BCUT2D eigenvalue weighted by molar-refractivity contribution is -0.136. The number of H-pyrrole nitrogens is 1. The molecule has 1 aliphatic rings. The molecule has 0 bridgehead atoms. The van der Waals surface area contributed by atoms with Gasteiger partial charge in [0.25, 0.3) is 5.56 Å². The molecular weight excluding hydrogens is 318 g/mol. The molecule has 1 N–H and O–H groups in total. The number of aromatic nitrogens is 2. The van der Waals surface area contributed by atoms with Crippen LogP contribution in [0.4, 0.5) is 0 Å². The third-order valence-electron chi connectivity index (χ3n) is 4.62. The summed E-state index contributed by atoms with van der Waals surface area (Å²) in [6, 6.07) is 9.67. The van der Waals surface area contributed by atoms with Crippen molar-refractivity contribution in [3.05, 3.63) is 63.3 Å². The van der Waals surface area contributed by atoms with Crippen molar-refractivity contribution in [3.8, 4) is 0 Å². The summed E-state index contributed by atoms with van der Waals surface area (Å²) in [5.74, 6) is 0.500. The lowest BCUT2D eigenvalue weighted by Crippen LogP contribution is -2.35. The van der Waals surface area contributed by atoms with Crippen molar-refractivity contribution in [2.75, 3.05) is 20.3 Å². The van der Waals surface area contributed by atoms with Gasteiger partial charge in [-0.05, 0) is 25.3 Å². The Bertz CT molecular complexity index is 801. The number of amides is 1. The molecule has 0 spiro atoms. The molecular formula is C19H23N3O3. The van der Waals surface area contributed by atoms with Crippen LogP contribution in [0.1, 0.15) is 41.5 Å². The van der Waals surface area contributed by atoms with Crippen LogP contribution in [0.15, 0.2) is 35.1 Å². The molecule has 25 heavy (non-hydrogen) atoms. The molecule has 1 saturated heterocycles. The highest BCUT2D eigenvalue weighted by Crippen LogP contribution is 2.29. The van der Waals surface area contributed by atoms with Gasteiger partial charge in [-0.1, -0.05) is 30.3 Å². The SMILES string of the molecule is COCC(=O)N1CCCC1c1nc(C)c(Cc2ccccc2)c(=O)[nH]1. The number of hydrogen-bond acceptors (Lipinski definition) is 4. The Balaban J connectivity index is 1.87. The van der Waals surface area contributed by atoms with E-state index in [1.165, 1.54) is 7.11 Å². The molecule has 2 heterocycles. The fourth-order valence-corrected chi connectivity index (χ4v) is 3.35. The van der Waals surface area contributed by atoms with E-state index in [-0.39, 0.29) is 24.1 Å². The topological polar surface area (TPSA) is 75.3 Å². The molecule has 1 fully saturated rings. The zero-order valence-electron chi connectivity index (χ0n) is 14.6. The summed E-state index contributed by atoms with van der Waals surface area (Å²) >= 11 is 0. The molecule has 1 aliphatic heterocycles. The summed E-state index contributed by atoms with van der Waals surface area (Å²) in [7, 11) is 1.51. The van der Waals surface area contributed by atoms with E-state index < -0.39 is 0 Å². The van der Waals surface area contributed by atoms with Gasteiger partial charge in [0.2, 0.25) is 5.91 Å². The predicted octanol–water partition coefficient (Wildman–Crippen LogP) is 1.98. The molecule has 132 valence electrons. The lowest BCUT2D eigenvalue weighted by Gasteiger charge is -2.24. The highest BCUT2D eigenvalue weighted by molar-refractivity contribution is 5.78. The van der Waals surface area contributed by atoms with Crippen LogP contribution >= 0.6 is 0 Å². The molecule has 1 aromatic heterocycles. The first-order valence-corrected chi connectivity index (χ1v) is 8.52. The molecule has 2 aromatic rings. The van der Waals surface area contributed by atoms with Crippen LogP contribution in [0.3, 0.4) is 0 Å². The second kappa shape index (κ2) is 7.61. The molecule has 0 radical (unpaired) electrons. The van der Waals surface area contributed by atoms with E-state index in [2.05, 4.69) is 9.97 Å². The summed E-state index contributed by atoms with van der Waals surface area (Å²) in [6.07, 6.45) is 2.25. The molecule has 1 amide bonds. The van der Waals surface area contributed by atoms with Crippen LogP contribution in [0.25, 0.3) is 0 Å². The molecule has 3 rings (SSSR count). The molecule has 1 atom stereocenters. The van der Waals surface area contributed by atoms with Gasteiger partial charge in [0.05, 0.1) is 6.04 Å². The number of aromatic amines is 1. The smallest absolute Gasteiger partial charge is 0.254 e. The van der Waals surface area contributed by atoms with Crippen LogP contribution in [0.2, 0.25) is 0 Å².